The minimum Gasteiger partial charge on any atom is -0.372 e. The van der Waals surface area contributed by atoms with Crippen LogP contribution in [-0.2, 0) is 0 Å². The third kappa shape index (κ3) is 3.44. The van der Waals surface area contributed by atoms with Gasteiger partial charge in [-0.25, -0.2) is 4.99 Å². The monoisotopic (exact) mass is 387 g/mol. The molecule has 7 nitrogen and oxygen atoms in total. The average molecular weight is 387 g/mol. The number of hydrogen-bond donors (Lipinski definition) is 0. The molecule has 1 aliphatic heterocycles. The summed E-state index contributed by atoms with van der Waals surface area (Å²) in [5, 5.41) is 13.4. The summed E-state index contributed by atoms with van der Waals surface area (Å²) in [4.78, 5) is 11.6. The molecule has 148 valence electrons. The Morgan fingerprint density at radius 1 is 1.00 bits per heavy atom. The summed E-state index contributed by atoms with van der Waals surface area (Å²) in [6, 6.07) is 12.1. The lowest BCUT2D eigenvalue weighted by Crippen LogP contribution is -2.21. The SMILES string of the molecule is CCC1=Nn2c(nnc2-c2ccccn2)/C1=N\c1ccc(N(CC)CC)cc1C. The van der Waals surface area contributed by atoms with Crippen LogP contribution < -0.4 is 4.90 Å². The molecule has 0 aliphatic carbocycles. The zero-order valence-corrected chi connectivity index (χ0v) is 17.3. The molecule has 2 aromatic heterocycles. The Bertz CT molecular complexity index is 1080. The van der Waals surface area contributed by atoms with E-state index in [0.29, 0.717) is 11.6 Å². The van der Waals surface area contributed by atoms with Crippen LogP contribution in [0.3, 0.4) is 0 Å². The van der Waals surface area contributed by atoms with Gasteiger partial charge in [0.25, 0.3) is 0 Å². The average Bonchev–Trinajstić information content (AvgIpc) is 3.31. The number of rotatable bonds is 6. The van der Waals surface area contributed by atoms with Gasteiger partial charge in [-0.2, -0.15) is 9.78 Å². The highest BCUT2D eigenvalue weighted by Gasteiger charge is 2.28. The van der Waals surface area contributed by atoms with Crippen molar-refractivity contribution >= 4 is 22.8 Å². The first-order chi connectivity index (χ1) is 14.2. The summed E-state index contributed by atoms with van der Waals surface area (Å²) < 4.78 is 1.75. The zero-order valence-electron chi connectivity index (χ0n) is 17.3. The van der Waals surface area contributed by atoms with Crippen molar-refractivity contribution in [1.29, 1.82) is 0 Å². The quantitative estimate of drug-likeness (QED) is 0.634. The van der Waals surface area contributed by atoms with Crippen molar-refractivity contribution in [2.45, 2.75) is 34.1 Å². The summed E-state index contributed by atoms with van der Waals surface area (Å²) in [5.41, 5.74) is 5.69. The van der Waals surface area contributed by atoms with Crippen molar-refractivity contribution in [2.75, 3.05) is 18.0 Å². The molecule has 0 N–H and O–H groups in total. The minimum absolute atomic E-state index is 0.630. The van der Waals surface area contributed by atoms with Gasteiger partial charge in [-0.05, 0) is 63.1 Å². The molecular weight excluding hydrogens is 362 g/mol. The number of anilines is 1. The van der Waals surface area contributed by atoms with E-state index in [1.54, 1.807) is 10.9 Å². The van der Waals surface area contributed by atoms with Crippen LogP contribution in [0.2, 0.25) is 0 Å². The van der Waals surface area contributed by atoms with Crippen molar-refractivity contribution in [3.8, 4) is 11.5 Å². The number of aliphatic imine (C=N–C) groups is 1. The summed E-state index contributed by atoms with van der Waals surface area (Å²) in [6.45, 7) is 10.5. The maximum Gasteiger partial charge on any atom is 0.205 e. The van der Waals surface area contributed by atoms with Gasteiger partial charge in [-0.1, -0.05) is 13.0 Å². The van der Waals surface area contributed by atoms with Crippen molar-refractivity contribution in [1.82, 2.24) is 19.9 Å². The summed E-state index contributed by atoms with van der Waals surface area (Å²) in [6.07, 6.45) is 2.51. The maximum atomic E-state index is 4.93. The topological polar surface area (TPSA) is 71.6 Å². The van der Waals surface area contributed by atoms with E-state index in [1.165, 1.54) is 5.69 Å². The third-order valence-corrected chi connectivity index (χ3v) is 5.12. The lowest BCUT2D eigenvalue weighted by Gasteiger charge is -2.21. The van der Waals surface area contributed by atoms with Gasteiger partial charge in [-0.3, -0.25) is 4.98 Å². The Morgan fingerprint density at radius 3 is 2.45 bits per heavy atom. The van der Waals surface area contributed by atoms with Crippen LogP contribution in [0.25, 0.3) is 11.5 Å². The van der Waals surface area contributed by atoms with Crippen molar-refractivity contribution in [3.63, 3.8) is 0 Å². The van der Waals surface area contributed by atoms with Crippen LogP contribution in [0.4, 0.5) is 11.4 Å². The number of pyridine rings is 1. The van der Waals surface area contributed by atoms with Crippen molar-refractivity contribution in [3.05, 3.63) is 54.0 Å². The van der Waals surface area contributed by atoms with Gasteiger partial charge < -0.3 is 4.90 Å². The van der Waals surface area contributed by atoms with E-state index in [-0.39, 0.29) is 0 Å². The minimum atomic E-state index is 0.630. The van der Waals surface area contributed by atoms with Gasteiger partial charge in [0.2, 0.25) is 11.6 Å². The van der Waals surface area contributed by atoms with E-state index in [2.05, 4.69) is 66.0 Å². The molecular formula is C22H25N7. The second-order valence-corrected chi connectivity index (χ2v) is 6.88. The van der Waals surface area contributed by atoms with Gasteiger partial charge in [0, 0.05) is 25.0 Å². The maximum absolute atomic E-state index is 4.93. The second-order valence-electron chi connectivity index (χ2n) is 6.88. The Labute approximate surface area is 170 Å². The molecule has 4 rings (SSSR count). The summed E-state index contributed by atoms with van der Waals surface area (Å²) in [7, 11) is 0. The van der Waals surface area contributed by atoms with Gasteiger partial charge in [-0.15, -0.1) is 10.2 Å². The molecule has 3 heterocycles. The van der Waals surface area contributed by atoms with Crippen LogP contribution in [0.5, 0.6) is 0 Å². The number of aromatic nitrogens is 4. The number of fused-ring (bicyclic) bond motifs is 1. The fraction of sp³-hybridized carbons (Fsp3) is 0.318. The van der Waals surface area contributed by atoms with Gasteiger partial charge in [0.15, 0.2) is 0 Å². The Hall–Kier alpha value is -3.35. The van der Waals surface area contributed by atoms with Crippen LogP contribution in [0.15, 0.2) is 52.7 Å². The van der Waals surface area contributed by atoms with E-state index < -0.39 is 0 Å². The predicted octanol–water partition coefficient (Wildman–Crippen LogP) is 4.24. The molecule has 0 amide bonds. The van der Waals surface area contributed by atoms with Crippen molar-refractivity contribution < 1.29 is 0 Å². The lowest BCUT2D eigenvalue weighted by molar-refractivity contribution is 0.865. The Morgan fingerprint density at radius 2 is 1.79 bits per heavy atom. The molecule has 0 unspecified atom stereocenters. The molecule has 7 heteroatoms. The number of nitrogens with zero attached hydrogens (tertiary/aromatic N) is 7. The van der Waals surface area contributed by atoms with Crippen molar-refractivity contribution in [2.24, 2.45) is 10.1 Å². The lowest BCUT2D eigenvalue weighted by atomic mass is 10.1. The number of hydrogen-bond acceptors (Lipinski definition) is 6. The summed E-state index contributed by atoms with van der Waals surface area (Å²) in [5.74, 6) is 1.29. The second kappa shape index (κ2) is 7.95. The third-order valence-electron chi connectivity index (χ3n) is 5.12. The molecule has 0 radical (unpaired) electrons. The molecule has 0 atom stereocenters. The van der Waals surface area contributed by atoms with E-state index in [1.807, 2.05) is 18.2 Å². The largest absolute Gasteiger partial charge is 0.372 e. The first-order valence-corrected chi connectivity index (χ1v) is 10.1. The molecule has 0 spiro atoms. The van der Waals surface area contributed by atoms with E-state index in [9.17, 15) is 0 Å². The van der Waals surface area contributed by atoms with E-state index in [4.69, 9.17) is 10.1 Å². The van der Waals surface area contributed by atoms with E-state index >= 15 is 0 Å². The first-order valence-electron chi connectivity index (χ1n) is 10.1. The fourth-order valence-electron chi connectivity index (χ4n) is 3.50. The normalized spacial score (nSPS) is 14.2. The number of benzene rings is 1. The molecule has 0 saturated heterocycles. The molecule has 0 fully saturated rings. The first kappa shape index (κ1) is 19.0. The fourth-order valence-corrected chi connectivity index (χ4v) is 3.50. The van der Waals surface area contributed by atoms with Gasteiger partial charge in [0.05, 0.1) is 11.4 Å². The molecule has 1 aliphatic rings. The molecule has 0 saturated carbocycles. The highest BCUT2D eigenvalue weighted by Crippen LogP contribution is 2.28. The highest BCUT2D eigenvalue weighted by molar-refractivity contribution is 6.49. The standard InChI is InChI=1S/C22H25N7/c1-5-17-20(24-18-12-11-16(14-15(18)4)28(6-2)7-3)22-26-25-21(29(22)27-17)19-10-8-9-13-23-19/h8-14H,5-7H2,1-4H3/b24-20-. The van der Waals surface area contributed by atoms with Gasteiger partial charge in [0.1, 0.15) is 11.4 Å². The molecule has 29 heavy (non-hydrogen) atoms. The molecule has 3 aromatic rings. The van der Waals surface area contributed by atoms with Gasteiger partial charge >= 0.3 is 0 Å². The number of aryl methyl sites for hydroxylation is 1. The van der Waals surface area contributed by atoms with Crippen LogP contribution in [-0.4, -0.2) is 44.4 Å². The van der Waals surface area contributed by atoms with Crippen LogP contribution >= 0.6 is 0 Å². The molecule has 1 aromatic carbocycles. The highest BCUT2D eigenvalue weighted by atomic mass is 15.5. The smallest absolute Gasteiger partial charge is 0.205 e. The van der Waals surface area contributed by atoms with E-state index in [0.717, 1.165) is 47.9 Å². The van der Waals surface area contributed by atoms with Crippen LogP contribution in [0.1, 0.15) is 38.6 Å². The summed E-state index contributed by atoms with van der Waals surface area (Å²) >= 11 is 0. The molecule has 0 bridgehead atoms. The Balaban J connectivity index is 1.75. The predicted molar refractivity (Wildman–Crippen MR) is 117 cm³/mol. The zero-order chi connectivity index (χ0) is 20.4. The van der Waals surface area contributed by atoms with Crippen LogP contribution in [0, 0.1) is 6.92 Å². The Kier molecular flexibility index (Phi) is 5.20.